The summed E-state index contributed by atoms with van der Waals surface area (Å²) in [6, 6.07) is 2.45. The highest BCUT2D eigenvalue weighted by atomic mass is 16.6. The number of esters is 1. The lowest BCUT2D eigenvalue weighted by atomic mass is 10.1. The number of methoxy groups -OCH3 is 1. The van der Waals surface area contributed by atoms with Crippen molar-refractivity contribution in [1.82, 2.24) is 0 Å². The Hall–Kier alpha value is -2.31. The highest BCUT2D eigenvalue weighted by Gasteiger charge is 2.28. The number of rotatable bonds is 4. The van der Waals surface area contributed by atoms with E-state index in [2.05, 4.69) is 4.74 Å². The first-order valence-corrected chi connectivity index (χ1v) is 4.74. The minimum atomic E-state index is -0.893. The summed E-state index contributed by atoms with van der Waals surface area (Å²) in [5.41, 5.74) is -1.04. The van der Waals surface area contributed by atoms with Crippen molar-refractivity contribution < 1.29 is 24.3 Å². The van der Waals surface area contributed by atoms with Gasteiger partial charge < -0.3 is 14.6 Å². The van der Waals surface area contributed by atoms with Gasteiger partial charge in [-0.15, -0.1) is 0 Å². The Labute approximate surface area is 96.7 Å². The van der Waals surface area contributed by atoms with E-state index in [1.807, 2.05) is 0 Å². The summed E-state index contributed by atoms with van der Waals surface area (Å²) >= 11 is 0. The lowest BCUT2D eigenvalue weighted by molar-refractivity contribution is -0.386. The van der Waals surface area contributed by atoms with Gasteiger partial charge in [-0.25, -0.2) is 4.79 Å². The predicted octanol–water partition coefficient (Wildman–Crippen LogP) is 1.49. The predicted molar refractivity (Wildman–Crippen MR) is 57.3 cm³/mol. The number of ether oxygens (including phenoxy) is 2. The molecule has 17 heavy (non-hydrogen) atoms. The van der Waals surface area contributed by atoms with Crippen LogP contribution in [-0.4, -0.2) is 29.7 Å². The standard InChI is InChI=1S/C10H11NO6/c1-3-17-7-5-4-6(10(13)16-2)8(9(7)12)11(14)15/h4-5,12H,3H2,1-2H3. The van der Waals surface area contributed by atoms with Crippen molar-refractivity contribution >= 4 is 11.7 Å². The lowest BCUT2D eigenvalue weighted by Gasteiger charge is -2.08. The maximum Gasteiger partial charge on any atom is 0.345 e. The van der Waals surface area contributed by atoms with E-state index in [4.69, 9.17) is 4.74 Å². The van der Waals surface area contributed by atoms with E-state index >= 15 is 0 Å². The van der Waals surface area contributed by atoms with Crippen LogP contribution in [0.5, 0.6) is 11.5 Å². The third-order valence-corrected chi connectivity index (χ3v) is 2.00. The smallest absolute Gasteiger partial charge is 0.345 e. The Balaban J connectivity index is 3.39. The second kappa shape index (κ2) is 5.15. The zero-order valence-corrected chi connectivity index (χ0v) is 9.30. The molecule has 0 aromatic heterocycles. The summed E-state index contributed by atoms with van der Waals surface area (Å²) in [5.74, 6) is -1.62. The molecule has 0 spiro atoms. The molecular weight excluding hydrogens is 230 g/mol. The van der Waals surface area contributed by atoms with E-state index in [-0.39, 0.29) is 17.9 Å². The summed E-state index contributed by atoms with van der Waals surface area (Å²) in [7, 11) is 1.10. The fourth-order valence-electron chi connectivity index (χ4n) is 1.29. The van der Waals surface area contributed by atoms with Crippen LogP contribution in [0.3, 0.4) is 0 Å². The number of nitro benzene ring substituents is 1. The van der Waals surface area contributed by atoms with Crippen LogP contribution in [-0.2, 0) is 4.74 Å². The van der Waals surface area contributed by atoms with Gasteiger partial charge in [0.15, 0.2) is 5.75 Å². The fraction of sp³-hybridized carbons (Fsp3) is 0.300. The van der Waals surface area contributed by atoms with Crippen molar-refractivity contribution in [3.8, 4) is 11.5 Å². The van der Waals surface area contributed by atoms with Crippen molar-refractivity contribution in [2.24, 2.45) is 0 Å². The second-order valence-electron chi connectivity index (χ2n) is 2.99. The van der Waals surface area contributed by atoms with Crippen molar-refractivity contribution in [3.63, 3.8) is 0 Å². The summed E-state index contributed by atoms with van der Waals surface area (Å²) in [6.07, 6.45) is 0. The minimum Gasteiger partial charge on any atom is -0.499 e. The van der Waals surface area contributed by atoms with Gasteiger partial charge >= 0.3 is 11.7 Å². The highest BCUT2D eigenvalue weighted by molar-refractivity contribution is 5.95. The third-order valence-electron chi connectivity index (χ3n) is 2.00. The van der Waals surface area contributed by atoms with Crippen molar-refractivity contribution in [3.05, 3.63) is 27.8 Å². The van der Waals surface area contributed by atoms with Crippen LogP contribution < -0.4 is 4.74 Å². The SMILES string of the molecule is CCOc1ccc(C(=O)OC)c([N+](=O)[O-])c1O. The van der Waals surface area contributed by atoms with Crippen LogP contribution in [0.1, 0.15) is 17.3 Å². The number of phenols is 1. The molecule has 0 radical (unpaired) electrons. The molecule has 0 saturated heterocycles. The molecule has 1 aromatic rings. The number of hydrogen-bond acceptors (Lipinski definition) is 6. The van der Waals surface area contributed by atoms with Crippen LogP contribution >= 0.6 is 0 Å². The Morgan fingerprint density at radius 1 is 1.53 bits per heavy atom. The van der Waals surface area contributed by atoms with Gasteiger partial charge in [-0.1, -0.05) is 0 Å². The molecule has 0 aliphatic heterocycles. The summed E-state index contributed by atoms with van der Waals surface area (Å²) in [5, 5.41) is 20.4. The summed E-state index contributed by atoms with van der Waals surface area (Å²) in [6.45, 7) is 1.90. The average molecular weight is 241 g/mol. The van der Waals surface area contributed by atoms with Gasteiger partial charge in [0, 0.05) is 0 Å². The third kappa shape index (κ3) is 2.44. The molecule has 0 unspecified atom stereocenters. The van der Waals surface area contributed by atoms with Crippen LogP contribution in [0.2, 0.25) is 0 Å². The molecule has 7 heteroatoms. The summed E-state index contributed by atoms with van der Waals surface area (Å²) in [4.78, 5) is 21.2. The first-order chi connectivity index (χ1) is 8.02. The second-order valence-corrected chi connectivity index (χ2v) is 2.99. The Bertz CT molecular complexity index is 456. The number of hydrogen-bond donors (Lipinski definition) is 1. The fourth-order valence-corrected chi connectivity index (χ4v) is 1.29. The van der Waals surface area contributed by atoms with E-state index in [0.717, 1.165) is 7.11 Å². The monoisotopic (exact) mass is 241 g/mol. The van der Waals surface area contributed by atoms with E-state index in [0.29, 0.717) is 0 Å². The minimum absolute atomic E-state index is 0.0492. The van der Waals surface area contributed by atoms with Crippen LogP contribution in [0.25, 0.3) is 0 Å². The van der Waals surface area contributed by atoms with Crippen LogP contribution in [0.15, 0.2) is 12.1 Å². The first-order valence-electron chi connectivity index (χ1n) is 4.74. The van der Waals surface area contributed by atoms with E-state index in [9.17, 15) is 20.0 Å². The molecule has 92 valence electrons. The molecule has 0 fully saturated rings. The molecular formula is C10H11NO6. The van der Waals surface area contributed by atoms with Gasteiger partial charge in [-0.05, 0) is 19.1 Å². The van der Waals surface area contributed by atoms with Gasteiger partial charge in [0.05, 0.1) is 18.6 Å². The largest absolute Gasteiger partial charge is 0.499 e. The number of phenolic OH excluding ortho intramolecular Hbond substituents is 1. The molecule has 0 saturated carbocycles. The number of carbonyl (C=O) groups excluding carboxylic acids is 1. The van der Waals surface area contributed by atoms with Crippen molar-refractivity contribution in [2.45, 2.75) is 6.92 Å². The number of benzene rings is 1. The molecule has 1 N–H and O–H groups in total. The van der Waals surface area contributed by atoms with Crippen molar-refractivity contribution in [1.29, 1.82) is 0 Å². The number of aromatic hydroxyl groups is 1. The maximum absolute atomic E-state index is 11.3. The highest BCUT2D eigenvalue weighted by Crippen LogP contribution is 2.38. The average Bonchev–Trinajstić information content (AvgIpc) is 2.30. The molecule has 0 aliphatic carbocycles. The van der Waals surface area contributed by atoms with Gasteiger partial charge in [0.2, 0.25) is 5.75 Å². The molecule has 1 aromatic carbocycles. The van der Waals surface area contributed by atoms with Gasteiger partial charge in [-0.3, -0.25) is 10.1 Å². The molecule has 1 rings (SSSR count). The van der Waals surface area contributed by atoms with Gasteiger partial charge in [-0.2, -0.15) is 0 Å². The Kier molecular flexibility index (Phi) is 3.86. The molecule has 0 heterocycles. The molecule has 0 atom stereocenters. The molecule has 7 nitrogen and oxygen atoms in total. The molecule has 0 amide bonds. The zero-order valence-electron chi connectivity index (χ0n) is 9.30. The maximum atomic E-state index is 11.3. The van der Waals surface area contributed by atoms with Gasteiger partial charge in [0.25, 0.3) is 0 Å². The van der Waals surface area contributed by atoms with Crippen LogP contribution in [0.4, 0.5) is 5.69 Å². The topological polar surface area (TPSA) is 98.9 Å². The quantitative estimate of drug-likeness (QED) is 0.487. The van der Waals surface area contributed by atoms with Crippen molar-refractivity contribution in [2.75, 3.05) is 13.7 Å². The number of carbonyl (C=O) groups is 1. The summed E-state index contributed by atoms with van der Waals surface area (Å²) < 4.78 is 9.38. The number of nitro groups is 1. The molecule has 0 aliphatic rings. The van der Waals surface area contributed by atoms with E-state index in [1.165, 1.54) is 12.1 Å². The van der Waals surface area contributed by atoms with E-state index < -0.39 is 22.3 Å². The zero-order chi connectivity index (χ0) is 13.0. The normalized spacial score (nSPS) is 9.76. The number of nitrogens with zero attached hydrogens (tertiary/aromatic N) is 1. The van der Waals surface area contributed by atoms with E-state index in [1.54, 1.807) is 6.92 Å². The molecule has 0 bridgehead atoms. The Morgan fingerprint density at radius 2 is 2.18 bits per heavy atom. The first kappa shape index (κ1) is 12.8. The van der Waals surface area contributed by atoms with Gasteiger partial charge in [0.1, 0.15) is 5.56 Å². The Morgan fingerprint density at radius 3 is 2.65 bits per heavy atom. The van der Waals surface area contributed by atoms with Crippen LogP contribution in [0, 0.1) is 10.1 Å². The lowest BCUT2D eigenvalue weighted by Crippen LogP contribution is -2.06.